The van der Waals surface area contributed by atoms with Crippen molar-refractivity contribution in [1.82, 2.24) is 14.9 Å². The first-order valence-electron chi connectivity index (χ1n) is 9.69. The largest absolute Gasteiger partial charge is 0.391 e. The van der Waals surface area contributed by atoms with Crippen LogP contribution in [-0.2, 0) is 11.3 Å². The highest BCUT2D eigenvalue weighted by Gasteiger charge is 2.25. The standard InChI is InChI=1S/C22H22ClN3O3.ClH/c23-16-4-1-3-14(9-16)15-6-7-19-18(10-15)22(29)26(13-25-19)12-17(27)11-20-21(28)5-2-8-24-20;/h1,3-4,6-7,9-10,13,20-21,24,28H,2,5,8,11-12H2;1H/t20-,21+;/m1./s1. The molecule has 2 heterocycles. The Morgan fingerprint density at radius 3 is 2.80 bits per heavy atom. The molecule has 2 aromatic carbocycles. The third-order valence-electron chi connectivity index (χ3n) is 5.32. The molecular formula is C22H23Cl2N3O3. The number of hydrogen-bond acceptors (Lipinski definition) is 5. The van der Waals surface area contributed by atoms with Crippen LogP contribution in [0, 0.1) is 0 Å². The molecule has 3 aromatic rings. The van der Waals surface area contributed by atoms with E-state index in [2.05, 4.69) is 10.3 Å². The molecule has 8 heteroatoms. The second kappa shape index (κ2) is 9.71. The first-order valence-corrected chi connectivity index (χ1v) is 10.1. The lowest BCUT2D eigenvalue weighted by Gasteiger charge is -2.28. The van der Waals surface area contributed by atoms with Gasteiger partial charge in [0.1, 0.15) is 0 Å². The number of carbonyl (C=O) groups excluding carboxylic acids is 1. The van der Waals surface area contributed by atoms with Gasteiger partial charge in [-0.25, -0.2) is 4.98 Å². The molecule has 6 nitrogen and oxygen atoms in total. The number of rotatable bonds is 5. The molecular weight excluding hydrogens is 425 g/mol. The summed E-state index contributed by atoms with van der Waals surface area (Å²) in [5, 5.41) is 14.3. The van der Waals surface area contributed by atoms with E-state index < -0.39 is 6.10 Å². The van der Waals surface area contributed by atoms with Crippen LogP contribution in [0.2, 0.25) is 5.02 Å². The fourth-order valence-electron chi connectivity index (χ4n) is 3.76. The van der Waals surface area contributed by atoms with E-state index in [1.807, 2.05) is 24.3 Å². The second-order valence-corrected chi connectivity index (χ2v) is 7.87. The van der Waals surface area contributed by atoms with E-state index in [0.29, 0.717) is 22.3 Å². The lowest BCUT2D eigenvalue weighted by molar-refractivity contribution is -0.121. The van der Waals surface area contributed by atoms with Crippen molar-refractivity contribution in [3.05, 3.63) is 64.2 Å². The number of piperidine rings is 1. The lowest BCUT2D eigenvalue weighted by Crippen LogP contribution is -2.46. The van der Waals surface area contributed by atoms with E-state index in [-0.39, 0.29) is 42.8 Å². The number of nitrogens with zero attached hydrogens (tertiary/aromatic N) is 2. The van der Waals surface area contributed by atoms with Gasteiger partial charge >= 0.3 is 0 Å². The fraction of sp³-hybridized carbons (Fsp3) is 0.318. The highest BCUT2D eigenvalue weighted by molar-refractivity contribution is 6.30. The number of hydrogen-bond donors (Lipinski definition) is 2. The lowest BCUT2D eigenvalue weighted by atomic mass is 9.97. The van der Waals surface area contributed by atoms with Crippen molar-refractivity contribution in [2.24, 2.45) is 0 Å². The number of nitrogens with one attached hydrogen (secondary N) is 1. The van der Waals surface area contributed by atoms with Crippen LogP contribution in [0.15, 0.2) is 53.6 Å². The van der Waals surface area contributed by atoms with Gasteiger partial charge in [0.2, 0.25) is 0 Å². The van der Waals surface area contributed by atoms with Gasteiger partial charge in [0.25, 0.3) is 5.56 Å². The fourth-order valence-corrected chi connectivity index (χ4v) is 3.95. The van der Waals surface area contributed by atoms with Gasteiger partial charge in [-0.2, -0.15) is 0 Å². The van der Waals surface area contributed by atoms with Gasteiger partial charge in [-0.15, -0.1) is 12.4 Å². The normalized spacial score (nSPS) is 18.7. The highest BCUT2D eigenvalue weighted by atomic mass is 35.5. The molecule has 1 fully saturated rings. The number of aromatic nitrogens is 2. The van der Waals surface area contributed by atoms with Crippen molar-refractivity contribution >= 4 is 40.7 Å². The summed E-state index contributed by atoms with van der Waals surface area (Å²) in [5.41, 5.74) is 2.08. The number of fused-ring (bicyclic) bond motifs is 1. The molecule has 0 amide bonds. The molecule has 1 aliphatic rings. The topological polar surface area (TPSA) is 84.2 Å². The maximum Gasteiger partial charge on any atom is 0.261 e. The van der Waals surface area contributed by atoms with E-state index in [1.54, 1.807) is 18.2 Å². The van der Waals surface area contributed by atoms with Crippen molar-refractivity contribution in [2.75, 3.05) is 6.54 Å². The molecule has 0 unspecified atom stereocenters. The monoisotopic (exact) mass is 447 g/mol. The van der Waals surface area contributed by atoms with Crippen LogP contribution in [0.4, 0.5) is 0 Å². The van der Waals surface area contributed by atoms with Gasteiger partial charge in [-0.1, -0.05) is 29.8 Å². The summed E-state index contributed by atoms with van der Waals surface area (Å²) in [7, 11) is 0. The van der Waals surface area contributed by atoms with E-state index in [0.717, 1.165) is 24.1 Å². The predicted octanol–water partition coefficient (Wildman–Crippen LogP) is 3.21. The van der Waals surface area contributed by atoms with Crippen LogP contribution < -0.4 is 10.9 Å². The summed E-state index contributed by atoms with van der Waals surface area (Å²) in [5.74, 6) is -0.113. The number of halogens is 2. The molecule has 158 valence electrons. The summed E-state index contributed by atoms with van der Waals surface area (Å²) in [6.07, 6.45) is 2.66. The summed E-state index contributed by atoms with van der Waals surface area (Å²) in [6.45, 7) is 0.729. The van der Waals surface area contributed by atoms with Crippen LogP contribution >= 0.6 is 24.0 Å². The molecule has 0 aliphatic carbocycles. The van der Waals surface area contributed by atoms with Crippen LogP contribution in [-0.4, -0.2) is 39.1 Å². The zero-order valence-corrected chi connectivity index (χ0v) is 17.8. The summed E-state index contributed by atoms with van der Waals surface area (Å²) < 4.78 is 1.33. The molecule has 0 bridgehead atoms. The predicted molar refractivity (Wildman–Crippen MR) is 120 cm³/mol. The Bertz CT molecular complexity index is 1120. The van der Waals surface area contributed by atoms with Crippen molar-refractivity contribution in [1.29, 1.82) is 0 Å². The Morgan fingerprint density at radius 2 is 2.03 bits per heavy atom. The molecule has 2 N–H and O–H groups in total. The number of carbonyl (C=O) groups is 1. The molecule has 30 heavy (non-hydrogen) atoms. The van der Waals surface area contributed by atoms with Crippen molar-refractivity contribution < 1.29 is 9.90 Å². The minimum Gasteiger partial charge on any atom is -0.391 e. The second-order valence-electron chi connectivity index (χ2n) is 7.43. The molecule has 0 radical (unpaired) electrons. The summed E-state index contributed by atoms with van der Waals surface area (Å²) in [4.78, 5) is 29.8. The van der Waals surface area contributed by atoms with Gasteiger partial charge in [0, 0.05) is 17.5 Å². The molecule has 0 saturated carbocycles. The van der Waals surface area contributed by atoms with E-state index >= 15 is 0 Å². The van der Waals surface area contributed by atoms with Gasteiger partial charge in [-0.05, 0) is 54.8 Å². The molecule has 1 aliphatic heterocycles. The SMILES string of the molecule is Cl.O=C(C[C@H]1NCCC[C@@H]1O)Cn1cnc2ccc(-c3cccc(Cl)c3)cc2c1=O. The molecule has 4 rings (SSSR count). The number of Topliss-reactive ketones (excluding diaryl/α,β-unsaturated/α-hetero) is 1. The van der Waals surface area contributed by atoms with E-state index in [1.165, 1.54) is 10.9 Å². The molecule has 2 atom stereocenters. The van der Waals surface area contributed by atoms with Gasteiger partial charge in [-0.3, -0.25) is 14.2 Å². The summed E-state index contributed by atoms with van der Waals surface area (Å²) >= 11 is 6.08. The van der Waals surface area contributed by atoms with Crippen LogP contribution in [0.5, 0.6) is 0 Å². The first kappa shape index (κ1) is 22.4. The minimum absolute atomic E-state index is 0. The quantitative estimate of drug-likeness (QED) is 0.627. The number of aliphatic hydroxyl groups is 1. The average molecular weight is 448 g/mol. The average Bonchev–Trinajstić information content (AvgIpc) is 2.72. The minimum atomic E-state index is -0.528. The van der Waals surface area contributed by atoms with Crippen LogP contribution in [0.1, 0.15) is 19.3 Å². The molecule has 0 spiro atoms. The van der Waals surface area contributed by atoms with Crippen LogP contribution in [0.3, 0.4) is 0 Å². The van der Waals surface area contributed by atoms with Gasteiger partial charge < -0.3 is 10.4 Å². The number of aliphatic hydroxyl groups excluding tert-OH is 1. The zero-order chi connectivity index (χ0) is 20.4. The Labute approximate surface area is 185 Å². The molecule has 1 aromatic heterocycles. The Morgan fingerprint density at radius 1 is 1.23 bits per heavy atom. The maximum absolute atomic E-state index is 13.0. The third-order valence-corrected chi connectivity index (χ3v) is 5.56. The van der Waals surface area contributed by atoms with Crippen molar-refractivity contribution in [3.63, 3.8) is 0 Å². The number of benzene rings is 2. The van der Waals surface area contributed by atoms with E-state index in [9.17, 15) is 14.7 Å². The zero-order valence-electron chi connectivity index (χ0n) is 16.3. The number of ketones is 1. The van der Waals surface area contributed by atoms with Gasteiger partial charge in [0.15, 0.2) is 5.78 Å². The van der Waals surface area contributed by atoms with Crippen molar-refractivity contribution in [3.8, 4) is 11.1 Å². The van der Waals surface area contributed by atoms with Crippen LogP contribution in [0.25, 0.3) is 22.0 Å². The first-order chi connectivity index (χ1) is 14.0. The maximum atomic E-state index is 13.0. The van der Waals surface area contributed by atoms with Gasteiger partial charge in [0.05, 0.1) is 29.9 Å². The summed E-state index contributed by atoms with van der Waals surface area (Å²) in [6, 6.07) is 12.6. The Kier molecular flexibility index (Phi) is 7.26. The highest BCUT2D eigenvalue weighted by Crippen LogP contribution is 2.24. The smallest absolute Gasteiger partial charge is 0.261 e. The third kappa shape index (κ3) is 4.90. The Balaban J connectivity index is 0.00000256. The van der Waals surface area contributed by atoms with Crippen molar-refractivity contribution in [2.45, 2.75) is 38.0 Å². The van der Waals surface area contributed by atoms with E-state index in [4.69, 9.17) is 11.6 Å². The Hall–Kier alpha value is -2.25. The molecule has 1 saturated heterocycles.